The Hall–Kier alpha value is -1.45. The molecule has 1 aliphatic rings. The summed E-state index contributed by atoms with van der Waals surface area (Å²) in [4.78, 5) is 11.6. The third-order valence-corrected chi connectivity index (χ3v) is 4.30. The highest BCUT2D eigenvalue weighted by atomic mass is 19.3. The van der Waals surface area contributed by atoms with Gasteiger partial charge in [-0.1, -0.05) is 18.2 Å². The Morgan fingerprint density at radius 1 is 1.11 bits per heavy atom. The number of alkyl halides is 2. The van der Waals surface area contributed by atoms with Gasteiger partial charge in [-0.05, 0) is 43.4 Å². The van der Waals surface area contributed by atoms with Gasteiger partial charge in [-0.25, -0.2) is 8.78 Å². The van der Waals surface area contributed by atoms with Crippen LogP contribution in [0.2, 0.25) is 0 Å². The monoisotopic (exact) mass is 268 g/mol. The molecule has 0 amide bonds. The second-order valence-electron chi connectivity index (χ2n) is 5.54. The molecule has 0 unspecified atom stereocenters. The summed E-state index contributed by atoms with van der Waals surface area (Å²) < 4.78 is 26.6. The molecule has 0 spiro atoms. The van der Waals surface area contributed by atoms with Gasteiger partial charge in [0.25, 0.3) is 0 Å². The first-order valence-electron chi connectivity index (χ1n) is 6.46. The Morgan fingerprint density at radius 2 is 1.68 bits per heavy atom. The lowest BCUT2D eigenvalue weighted by Crippen LogP contribution is -2.42. The van der Waals surface area contributed by atoms with E-state index in [2.05, 4.69) is 0 Å². The van der Waals surface area contributed by atoms with Crippen LogP contribution in [0.15, 0.2) is 18.2 Å². The average molecular weight is 268 g/mol. The topological polar surface area (TPSA) is 37.3 Å². The van der Waals surface area contributed by atoms with Crippen molar-refractivity contribution < 1.29 is 18.7 Å². The Kier molecular flexibility index (Phi) is 3.37. The van der Waals surface area contributed by atoms with Crippen LogP contribution in [-0.4, -0.2) is 17.0 Å². The van der Waals surface area contributed by atoms with E-state index in [4.69, 9.17) is 0 Å². The van der Waals surface area contributed by atoms with Gasteiger partial charge in [0.05, 0.1) is 5.41 Å². The Labute approximate surface area is 111 Å². The zero-order valence-electron chi connectivity index (χ0n) is 11.2. The van der Waals surface area contributed by atoms with Crippen molar-refractivity contribution in [3.63, 3.8) is 0 Å². The van der Waals surface area contributed by atoms with E-state index in [9.17, 15) is 18.7 Å². The van der Waals surface area contributed by atoms with Gasteiger partial charge in [0, 0.05) is 12.8 Å². The maximum absolute atomic E-state index is 13.3. The Bertz CT molecular complexity index is 499. The fourth-order valence-electron chi connectivity index (χ4n) is 2.71. The predicted molar refractivity (Wildman–Crippen MR) is 68.6 cm³/mol. The first kappa shape index (κ1) is 14.0. The first-order valence-corrected chi connectivity index (χ1v) is 6.46. The lowest BCUT2D eigenvalue weighted by molar-refractivity contribution is -0.149. The summed E-state index contributed by atoms with van der Waals surface area (Å²) in [5.74, 6) is -3.72. The van der Waals surface area contributed by atoms with E-state index >= 15 is 0 Å². The van der Waals surface area contributed by atoms with Gasteiger partial charge in [0.1, 0.15) is 0 Å². The van der Waals surface area contributed by atoms with Crippen molar-refractivity contribution in [2.24, 2.45) is 0 Å². The molecule has 1 fully saturated rings. The summed E-state index contributed by atoms with van der Waals surface area (Å²) in [5.41, 5.74) is 1.57. The van der Waals surface area contributed by atoms with E-state index in [0.29, 0.717) is 5.56 Å². The van der Waals surface area contributed by atoms with Crippen molar-refractivity contribution in [1.82, 2.24) is 0 Å². The van der Waals surface area contributed by atoms with E-state index in [0.717, 1.165) is 11.1 Å². The standard InChI is InChI=1S/C15H18F2O2/c1-10-3-4-12(9-11(10)2)14(13(18)19)5-7-15(16,17)8-6-14/h3-4,9H,5-8H2,1-2H3,(H,18,19). The number of hydrogen-bond acceptors (Lipinski definition) is 1. The van der Waals surface area contributed by atoms with Crippen LogP contribution in [0.25, 0.3) is 0 Å². The Balaban J connectivity index is 2.41. The second-order valence-corrected chi connectivity index (χ2v) is 5.54. The molecule has 0 heterocycles. The molecule has 104 valence electrons. The molecule has 0 atom stereocenters. The minimum absolute atomic E-state index is 0.00215. The Morgan fingerprint density at radius 3 is 2.16 bits per heavy atom. The minimum Gasteiger partial charge on any atom is -0.481 e. The molecule has 0 aromatic heterocycles. The second kappa shape index (κ2) is 4.58. The first-order chi connectivity index (χ1) is 8.77. The van der Waals surface area contributed by atoms with Gasteiger partial charge in [0.2, 0.25) is 5.92 Å². The zero-order valence-corrected chi connectivity index (χ0v) is 11.2. The smallest absolute Gasteiger partial charge is 0.314 e. The molecule has 1 aromatic rings. The summed E-state index contributed by atoms with van der Waals surface area (Å²) in [6.45, 7) is 3.85. The number of carboxylic acid groups (broad SMARTS) is 1. The number of aryl methyl sites for hydroxylation is 2. The minimum atomic E-state index is -2.72. The van der Waals surface area contributed by atoms with Crippen molar-refractivity contribution in [2.75, 3.05) is 0 Å². The van der Waals surface area contributed by atoms with E-state index in [1.54, 1.807) is 6.07 Å². The van der Waals surface area contributed by atoms with E-state index in [1.165, 1.54) is 0 Å². The van der Waals surface area contributed by atoms with Gasteiger partial charge in [0.15, 0.2) is 0 Å². The van der Waals surface area contributed by atoms with Crippen LogP contribution in [0.3, 0.4) is 0 Å². The number of benzene rings is 1. The van der Waals surface area contributed by atoms with E-state index < -0.39 is 17.3 Å². The third-order valence-electron chi connectivity index (χ3n) is 4.30. The summed E-state index contributed by atoms with van der Waals surface area (Å²) in [5, 5.41) is 9.53. The highest BCUT2D eigenvalue weighted by Crippen LogP contribution is 2.45. The molecule has 1 aliphatic carbocycles. The summed E-state index contributed by atoms with van der Waals surface area (Å²) in [7, 11) is 0. The molecule has 0 saturated heterocycles. The number of hydrogen-bond donors (Lipinski definition) is 1. The van der Waals surface area contributed by atoms with Crippen molar-refractivity contribution in [1.29, 1.82) is 0 Å². The van der Waals surface area contributed by atoms with Gasteiger partial charge in [-0.3, -0.25) is 4.79 Å². The largest absolute Gasteiger partial charge is 0.481 e. The van der Waals surface area contributed by atoms with Crippen LogP contribution >= 0.6 is 0 Å². The van der Waals surface area contributed by atoms with E-state index in [1.807, 2.05) is 26.0 Å². The van der Waals surface area contributed by atoms with E-state index in [-0.39, 0.29) is 25.7 Å². The SMILES string of the molecule is Cc1ccc(C2(C(=O)O)CCC(F)(F)CC2)cc1C. The molecule has 2 rings (SSSR count). The molecule has 4 heteroatoms. The summed E-state index contributed by atoms with van der Waals surface area (Å²) >= 11 is 0. The van der Waals surface area contributed by atoms with Crippen LogP contribution < -0.4 is 0 Å². The van der Waals surface area contributed by atoms with Crippen molar-refractivity contribution in [3.05, 3.63) is 34.9 Å². The van der Waals surface area contributed by atoms with Crippen molar-refractivity contribution in [3.8, 4) is 0 Å². The molecule has 1 N–H and O–H groups in total. The molecule has 19 heavy (non-hydrogen) atoms. The number of carboxylic acids is 1. The zero-order chi connectivity index (χ0) is 14.3. The van der Waals surface area contributed by atoms with Crippen LogP contribution in [0.1, 0.15) is 42.4 Å². The number of halogens is 2. The van der Waals surface area contributed by atoms with Gasteiger partial charge in [-0.2, -0.15) is 0 Å². The van der Waals surface area contributed by atoms with Crippen molar-refractivity contribution in [2.45, 2.75) is 50.9 Å². The number of aliphatic carboxylic acids is 1. The lowest BCUT2D eigenvalue weighted by Gasteiger charge is -2.37. The molecule has 0 aliphatic heterocycles. The number of carbonyl (C=O) groups is 1. The average Bonchev–Trinajstić information content (AvgIpc) is 2.33. The summed E-state index contributed by atoms with van der Waals surface area (Å²) in [6.07, 6.45) is -0.714. The van der Waals surface area contributed by atoms with Crippen LogP contribution in [0.4, 0.5) is 8.78 Å². The van der Waals surface area contributed by atoms with Crippen LogP contribution in [-0.2, 0) is 10.2 Å². The van der Waals surface area contributed by atoms with Gasteiger partial charge < -0.3 is 5.11 Å². The molecule has 0 bridgehead atoms. The molecule has 0 radical (unpaired) electrons. The molecule has 1 aromatic carbocycles. The molecular formula is C15H18F2O2. The summed E-state index contributed by atoms with van der Waals surface area (Å²) in [6, 6.07) is 5.45. The maximum Gasteiger partial charge on any atom is 0.314 e. The fourth-order valence-corrected chi connectivity index (χ4v) is 2.71. The maximum atomic E-state index is 13.3. The quantitative estimate of drug-likeness (QED) is 0.885. The van der Waals surface area contributed by atoms with Crippen LogP contribution in [0, 0.1) is 13.8 Å². The third kappa shape index (κ3) is 2.48. The highest BCUT2D eigenvalue weighted by molar-refractivity contribution is 5.81. The lowest BCUT2D eigenvalue weighted by atomic mass is 9.68. The van der Waals surface area contributed by atoms with Crippen molar-refractivity contribution >= 4 is 5.97 Å². The number of rotatable bonds is 2. The molecular weight excluding hydrogens is 250 g/mol. The fraction of sp³-hybridized carbons (Fsp3) is 0.533. The van der Waals surface area contributed by atoms with Gasteiger partial charge in [-0.15, -0.1) is 0 Å². The highest BCUT2D eigenvalue weighted by Gasteiger charge is 2.49. The molecule has 2 nitrogen and oxygen atoms in total. The molecule has 1 saturated carbocycles. The van der Waals surface area contributed by atoms with Crippen LogP contribution in [0.5, 0.6) is 0 Å². The predicted octanol–water partition coefficient (Wildman–Crippen LogP) is 3.84. The normalized spacial score (nSPS) is 21.1. The van der Waals surface area contributed by atoms with Gasteiger partial charge >= 0.3 is 5.97 Å².